The van der Waals surface area contributed by atoms with Crippen molar-refractivity contribution in [2.45, 2.75) is 12.8 Å². The van der Waals surface area contributed by atoms with Crippen molar-refractivity contribution >= 4 is 0 Å². The predicted octanol–water partition coefficient (Wildman–Crippen LogP) is -0.213. The maximum absolute atomic E-state index is 5.35. The van der Waals surface area contributed by atoms with Crippen molar-refractivity contribution in [1.29, 1.82) is 0 Å². The lowest BCUT2D eigenvalue weighted by Gasteiger charge is -2.01. The Balaban J connectivity index is 2.84. The molecule has 0 saturated heterocycles. The molecule has 0 aliphatic carbocycles. The number of nitrogens with two attached hydrogens (primary N) is 2. The van der Waals surface area contributed by atoms with Gasteiger partial charge in [-0.2, -0.15) is 0 Å². The molecule has 0 rings (SSSR count). The van der Waals surface area contributed by atoms with E-state index in [-0.39, 0.29) is 0 Å². The minimum Gasteiger partial charge on any atom is -0.402 e. The Morgan fingerprint density at radius 3 is 2.60 bits per heavy atom. The van der Waals surface area contributed by atoms with Crippen LogP contribution in [-0.2, 0) is 0 Å². The van der Waals surface area contributed by atoms with Crippen LogP contribution in [0, 0.1) is 0 Å². The standard InChI is InChI=1S/C7H17N3/c1-7(9)3-6-10-5-2-4-8/h10H,1-6,8-9H2. The van der Waals surface area contributed by atoms with Gasteiger partial charge in [-0.3, -0.25) is 0 Å². The third kappa shape index (κ3) is 7.46. The van der Waals surface area contributed by atoms with Crippen molar-refractivity contribution in [2.75, 3.05) is 19.6 Å². The zero-order chi connectivity index (χ0) is 7.82. The van der Waals surface area contributed by atoms with E-state index in [0.29, 0.717) is 0 Å². The van der Waals surface area contributed by atoms with Crippen molar-refractivity contribution in [1.82, 2.24) is 5.32 Å². The molecule has 0 amide bonds. The van der Waals surface area contributed by atoms with Crippen molar-refractivity contribution in [3.8, 4) is 0 Å². The van der Waals surface area contributed by atoms with E-state index >= 15 is 0 Å². The molecule has 0 saturated carbocycles. The van der Waals surface area contributed by atoms with Gasteiger partial charge in [0.15, 0.2) is 0 Å². The Kier molecular flexibility index (Phi) is 6.22. The SMILES string of the molecule is C=C(N)CCNCCCN. The summed E-state index contributed by atoms with van der Waals surface area (Å²) in [6, 6.07) is 0. The fourth-order valence-corrected chi connectivity index (χ4v) is 0.601. The molecule has 3 nitrogen and oxygen atoms in total. The zero-order valence-corrected chi connectivity index (χ0v) is 6.40. The molecule has 0 fully saturated rings. The second kappa shape index (κ2) is 6.58. The number of hydrogen-bond acceptors (Lipinski definition) is 3. The van der Waals surface area contributed by atoms with Gasteiger partial charge in [-0.05, 0) is 25.9 Å². The second-order valence-corrected chi connectivity index (χ2v) is 2.30. The lowest BCUT2D eigenvalue weighted by atomic mass is 10.3. The molecule has 0 aromatic rings. The summed E-state index contributed by atoms with van der Waals surface area (Å²) in [6.07, 6.45) is 1.88. The van der Waals surface area contributed by atoms with E-state index in [4.69, 9.17) is 11.5 Å². The summed E-state index contributed by atoms with van der Waals surface area (Å²) < 4.78 is 0. The largest absolute Gasteiger partial charge is 0.402 e. The van der Waals surface area contributed by atoms with Crippen LogP contribution >= 0.6 is 0 Å². The van der Waals surface area contributed by atoms with Crippen LogP contribution in [0.3, 0.4) is 0 Å². The van der Waals surface area contributed by atoms with Crippen LogP contribution in [0.4, 0.5) is 0 Å². The van der Waals surface area contributed by atoms with Crippen molar-refractivity contribution in [3.05, 3.63) is 12.3 Å². The van der Waals surface area contributed by atoms with Crippen LogP contribution < -0.4 is 16.8 Å². The first-order chi connectivity index (χ1) is 4.77. The Hall–Kier alpha value is -0.540. The molecule has 5 N–H and O–H groups in total. The van der Waals surface area contributed by atoms with Gasteiger partial charge in [0.1, 0.15) is 0 Å². The molecule has 3 heteroatoms. The molecular weight excluding hydrogens is 126 g/mol. The Morgan fingerprint density at radius 2 is 2.10 bits per heavy atom. The van der Waals surface area contributed by atoms with Gasteiger partial charge < -0.3 is 16.8 Å². The number of hydrogen-bond donors (Lipinski definition) is 3. The van der Waals surface area contributed by atoms with Crippen LogP contribution in [0.1, 0.15) is 12.8 Å². The molecule has 0 spiro atoms. The summed E-state index contributed by atoms with van der Waals surface area (Å²) in [6.45, 7) is 6.22. The highest BCUT2D eigenvalue weighted by Gasteiger charge is 1.86. The molecule has 0 unspecified atom stereocenters. The first-order valence-corrected chi connectivity index (χ1v) is 3.61. The van der Waals surface area contributed by atoms with Gasteiger partial charge in [0, 0.05) is 12.2 Å². The molecule has 0 radical (unpaired) electrons. The van der Waals surface area contributed by atoms with Gasteiger partial charge in [0.2, 0.25) is 0 Å². The third-order valence-electron chi connectivity index (χ3n) is 1.18. The van der Waals surface area contributed by atoms with Gasteiger partial charge in [-0.15, -0.1) is 0 Å². The smallest absolute Gasteiger partial charge is 0.00202 e. The highest BCUT2D eigenvalue weighted by atomic mass is 14.9. The molecule has 0 aliphatic rings. The maximum Gasteiger partial charge on any atom is 0.00202 e. The van der Waals surface area contributed by atoms with E-state index in [9.17, 15) is 0 Å². The minimum atomic E-state index is 0.736. The molecular formula is C7H17N3. The van der Waals surface area contributed by atoms with E-state index in [1.54, 1.807) is 0 Å². The minimum absolute atomic E-state index is 0.736. The number of rotatable bonds is 6. The fourth-order valence-electron chi connectivity index (χ4n) is 0.601. The first kappa shape index (κ1) is 9.46. The Bertz CT molecular complexity index is 90.9. The van der Waals surface area contributed by atoms with E-state index in [1.807, 2.05) is 0 Å². The van der Waals surface area contributed by atoms with Gasteiger partial charge in [0.25, 0.3) is 0 Å². The van der Waals surface area contributed by atoms with E-state index < -0.39 is 0 Å². The van der Waals surface area contributed by atoms with Gasteiger partial charge in [-0.1, -0.05) is 6.58 Å². The summed E-state index contributed by atoms with van der Waals surface area (Å²) in [7, 11) is 0. The van der Waals surface area contributed by atoms with Gasteiger partial charge >= 0.3 is 0 Å². The third-order valence-corrected chi connectivity index (χ3v) is 1.18. The quantitative estimate of drug-likeness (QED) is 0.451. The molecule has 0 atom stereocenters. The molecule has 0 aromatic heterocycles. The Morgan fingerprint density at radius 1 is 1.40 bits per heavy atom. The van der Waals surface area contributed by atoms with E-state index in [1.165, 1.54) is 0 Å². The van der Waals surface area contributed by atoms with Crippen LogP contribution in [0.2, 0.25) is 0 Å². The monoisotopic (exact) mass is 143 g/mol. The second-order valence-electron chi connectivity index (χ2n) is 2.30. The van der Waals surface area contributed by atoms with Crippen LogP contribution in [-0.4, -0.2) is 19.6 Å². The maximum atomic E-state index is 5.35. The number of nitrogens with one attached hydrogen (secondary N) is 1. The normalized spacial score (nSPS) is 9.70. The lowest BCUT2D eigenvalue weighted by Crippen LogP contribution is -2.20. The van der Waals surface area contributed by atoms with Crippen molar-refractivity contribution in [2.24, 2.45) is 11.5 Å². The average Bonchev–Trinajstić information content (AvgIpc) is 1.87. The molecule has 10 heavy (non-hydrogen) atoms. The summed E-state index contributed by atoms with van der Waals surface area (Å²) in [5.74, 6) is 0. The lowest BCUT2D eigenvalue weighted by molar-refractivity contribution is 0.650. The molecule has 0 heterocycles. The molecule has 60 valence electrons. The van der Waals surface area contributed by atoms with Gasteiger partial charge in [-0.25, -0.2) is 0 Å². The first-order valence-electron chi connectivity index (χ1n) is 3.61. The highest BCUT2D eigenvalue weighted by molar-refractivity contribution is 4.85. The molecule has 0 aliphatic heterocycles. The Labute approximate surface area is 62.5 Å². The summed E-state index contributed by atoms with van der Waals surface area (Å²) in [5, 5.41) is 3.20. The van der Waals surface area contributed by atoms with Crippen LogP contribution in [0.15, 0.2) is 12.3 Å². The van der Waals surface area contributed by atoms with E-state index in [0.717, 1.165) is 38.2 Å². The van der Waals surface area contributed by atoms with Gasteiger partial charge in [0.05, 0.1) is 0 Å². The van der Waals surface area contributed by atoms with Crippen LogP contribution in [0.5, 0.6) is 0 Å². The summed E-state index contributed by atoms with van der Waals surface area (Å²) in [5.41, 5.74) is 11.4. The fraction of sp³-hybridized carbons (Fsp3) is 0.714. The summed E-state index contributed by atoms with van der Waals surface area (Å²) >= 11 is 0. The average molecular weight is 143 g/mol. The topological polar surface area (TPSA) is 64.1 Å². The molecule has 0 aromatic carbocycles. The zero-order valence-electron chi connectivity index (χ0n) is 6.40. The summed E-state index contributed by atoms with van der Waals surface area (Å²) in [4.78, 5) is 0. The van der Waals surface area contributed by atoms with E-state index in [2.05, 4.69) is 11.9 Å². The molecule has 0 bridgehead atoms. The van der Waals surface area contributed by atoms with Crippen molar-refractivity contribution < 1.29 is 0 Å². The predicted molar refractivity (Wildman–Crippen MR) is 44.5 cm³/mol. The highest BCUT2D eigenvalue weighted by Crippen LogP contribution is 1.83. The van der Waals surface area contributed by atoms with Crippen molar-refractivity contribution in [3.63, 3.8) is 0 Å². The van der Waals surface area contributed by atoms with Crippen LogP contribution in [0.25, 0.3) is 0 Å².